The lowest BCUT2D eigenvalue weighted by Crippen LogP contribution is -2.22. The molecule has 26 heavy (non-hydrogen) atoms. The Morgan fingerprint density at radius 3 is 2.81 bits per heavy atom. The van der Waals surface area contributed by atoms with Gasteiger partial charge < -0.3 is 14.3 Å². The number of benzene rings is 2. The first kappa shape index (κ1) is 16.1. The molecule has 0 fully saturated rings. The molecule has 130 valence electrons. The third-order valence-corrected chi connectivity index (χ3v) is 4.10. The van der Waals surface area contributed by atoms with Gasteiger partial charge in [-0.05, 0) is 22.9 Å². The van der Waals surface area contributed by atoms with Gasteiger partial charge in [0.15, 0.2) is 0 Å². The molecule has 2 heterocycles. The van der Waals surface area contributed by atoms with Crippen LogP contribution >= 0.6 is 0 Å². The van der Waals surface area contributed by atoms with E-state index in [0.717, 1.165) is 22.1 Å². The molecule has 2 aromatic heterocycles. The maximum Gasteiger partial charge on any atom is 0.227 e. The monoisotopic (exact) mass is 347 g/mol. The predicted molar refractivity (Wildman–Crippen MR) is 96.1 cm³/mol. The quantitative estimate of drug-likeness (QED) is 0.575. The highest BCUT2D eigenvalue weighted by atomic mass is 16.5. The van der Waals surface area contributed by atoms with Gasteiger partial charge in [0, 0.05) is 18.4 Å². The molecule has 0 atom stereocenters. The fraction of sp³-hybridized carbons (Fsp3) is 0.150. The van der Waals surface area contributed by atoms with Crippen molar-refractivity contribution in [2.24, 2.45) is 0 Å². The van der Waals surface area contributed by atoms with E-state index < -0.39 is 0 Å². The highest BCUT2D eigenvalue weighted by molar-refractivity contribution is 5.94. The van der Waals surface area contributed by atoms with Gasteiger partial charge in [-0.1, -0.05) is 47.6 Å². The minimum atomic E-state index is -0.0914. The summed E-state index contributed by atoms with van der Waals surface area (Å²) in [5.41, 5.74) is 0.917. The first-order valence-corrected chi connectivity index (χ1v) is 8.39. The van der Waals surface area contributed by atoms with E-state index in [1.165, 1.54) is 0 Å². The highest BCUT2D eigenvalue weighted by Crippen LogP contribution is 2.26. The van der Waals surface area contributed by atoms with Crippen molar-refractivity contribution < 1.29 is 13.7 Å². The summed E-state index contributed by atoms with van der Waals surface area (Å²) in [6, 6.07) is 17.6. The minimum absolute atomic E-state index is 0.0914. The van der Waals surface area contributed by atoms with Crippen LogP contribution in [0, 0.1) is 0 Å². The van der Waals surface area contributed by atoms with E-state index in [-0.39, 0.29) is 12.3 Å². The summed E-state index contributed by atoms with van der Waals surface area (Å²) in [6.45, 7) is 0.372. The van der Waals surface area contributed by atoms with E-state index in [1.807, 2.05) is 48.5 Å². The number of nitrogens with zero attached hydrogens (tertiary/aromatic N) is 2. The van der Waals surface area contributed by atoms with Gasteiger partial charge in [-0.15, -0.1) is 0 Å². The number of carbonyl (C=O) groups is 1. The molecule has 0 saturated heterocycles. The molecule has 4 rings (SSSR count). The largest absolute Gasteiger partial charge is 0.467 e. The molecule has 0 aliphatic carbocycles. The van der Waals surface area contributed by atoms with Gasteiger partial charge in [-0.2, -0.15) is 4.98 Å². The normalized spacial score (nSPS) is 10.9. The first-order valence-electron chi connectivity index (χ1n) is 8.39. The number of fused-ring (bicyclic) bond motifs is 1. The number of amides is 1. The molecule has 0 aliphatic heterocycles. The number of hydrogen-bond donors (Lipinski definition) is 1. The second kappa shape index (κ2) is 7.23. The Balaban J connectivity index is 1.41. The zero-order chi connectivity index (χ0) is 17.8. The van der Waals surface area contributed by atoms with Crippen molar-refractivity contribution in [3.63, 3.8) is 0 Å². The summed E-state index contributed by atoms with van der Waals surface area (Å²) in [5, 5.41) is 9.05. The first-order chi connectivity index (χ1) is 12.8. The van der Waals surface area contributed by atoms with Crippen molar-refractivity contribution in [1.82, 2.24) is 15.5 Å². The van der Waals surface area contributed by atoms with Crippen LogP contribution in [0.1, 0.15) is 18.1 Å². The van der Waals surface area contributed by atoms with Gasteiger partial charge in [0.2, 0.25) is 17.6 Å². The van der Waals surface area contributed by atoms with E-state index in [2.05, 4.69) is 15.5 Å². The standard InChI is InChI=1S/C20H17N3O3/c24-18(21-13-15-7-4-12-25-15)10-11-19-22-20(23-26-19)17-9-3-6-14-5-1-2-8-16(14)17/h1-9,12H,10-11,13H2,(H,21,24). The van der Waals surface area contributed by atoms with Crippen LogP contribution in [0.15, 0.2) is 69.8 Å². The summed E-state index contributed by atoms with van der Waals surface area (Å²) in [7, 11) is 0. The third kappa shape index (κ3) is 3.49. The van der Waals surface area contributed by atoms with Crippen molar-refractivity contribution in [3.05, 3.63) is 72.5 Å². The molecule has 0 aliphatic rings. The molecule has 6 heteroatoms. The number of rotatable bonds is 6. The summed E-state index contributed by atoms with van der Waals surface area (Å²) in [5.74, 6) is 1.61. The minimum Gasteiger partial charge on any atom is -0.467 e. The average molecular weight is 347 g/mol. The van der Waals surface area contributed by atoms with E-state index in [4.69, 9.17) is 8.94 Å². The van der Waals surface area contributed by atoms with Gasteiger partial charge >= 0.3 is 0 Å². The van der Waals surface area contributed by atoms with Gasteiger partial charge in [0.25, 0.3) is 0 Å². The molecule has 0 saturated carbocycles. The molecule has 0 unspecified atom stereocenters. The number of nitrogens with one attached hydrogen (secondary N) is 1. The second-order valence-corrected chi connectivity index (χ2v) is 5.89. The molecule has 1 N–H and O–H groups in total. The van der Waals surface area contributed by atoms with Crippen LogP contribution in [0.3, 0.4) is 0 Å². The fourth-order valence-electron chi connectivity index (χ4n) is 2.79. The number of aryl methyl sites for hydroxylation is 1. The fourth-order valence-corrected chi connectivity index (χ4v) is 2.79. The zero-order valence-corrected chi connectivity index (χ0v) is 14.0. The Hall–Kier alpha value is -3.41. The van der Waals surface area contributed by atoms with Crippen LogP contribution in [0.5, 0.6) is 0 Å². The number of furan rings is 1. The smallest absolute Gasteiger partial charge is 0.227 e. The maximum absolute atomic E-state index is 11.9. The third-order valence-electron chi connectivity index (χ3n) is 4.10. The van der Waals surface area contributed by atoms with E-state index in [0.29, 0.717) is 24.7 Å². The molecule has 0 radical (unpaired) electrons. The Morgan fingerprint density at radius 1 is 1.04 bits per heavy atom. The SMILES string of the molecule is O=C(CCc1nc(-c2cccc3ccccc23)no1)NCc1ccco1. The van der Waals surface area contributed by atoms with Crippen LogP contribution in [-0.2, 0) is 17.8 Å². The summed E-state index contributed by atoms with van der Waals surface area (Å²) >= 11 is 0. The van der Waals surface area contributed by atoms with Crippen molar-refractivity contribution in [2.75, 3.05) is 0 Å². The topological polar surface area (TPSA) is 81.2 Å². The van der Waals surface area contributed by atoms with E-state index >= 15 is 0 Å². The van der Waals surface area contributed by atoms with Crippen molar-refractivity contribution >= 4 is 16.7 Å². The second-order valence-electron chi connectivity index (χ2n) is 5.89. The van der Waals surface area contributed by atoms with Gasteiger partial charge in [-0.25, -0.2) is 0 Å². The van der Waals surface area contributed by atoms with Crippen LogP contribution in [0.25, 0.3) is 22.2 Å². The molecular formula is C20H17N3O3. The van der Waals surface area contributed by atoms with E-state index in [9.17, 15) is 4.79 Å². The summed E-state index contributed by atoms with van der Waals surface area (Å²) in [6.07, 6.45) is 2.24. The maximum atomic E-state index is 11.9. The number of carbonyl (C=O) groups excluding carboxylic acids is 1. The number of hydrogen-bond acceptors (Lipinski definition) is 5. The molecule has 0 spiro atoms. The van der Waals surface area contributed by atoms with Crippen LogP contribution in [0.4, 0.5) is 0 Å². The lowest BCUT2D eigenvalue weighted by molar-refractivity contribution is -0.121. The molecule has 0 bridgehead atoms. The Kier molecular flexibility index (Phi) is 4.47. The Morgan fingerprint density at radius 2 is 1.92 bits per heavy atom. The molecule has 6 nitrogen and oxygen atoms in total. The van der Waals surface area contributed by atoms with Gasteiger partial charge in [0.1, 0.15) is 5.76 Å². The van der Waals surface area contributed by atoms with Crippen LogP contribution in [-0.4, -0.2) is 16.0 Å². The lowest BCUT2D eigenvalue weighted by atomic mass is 10.0. The Labute approximate surface area is 149 Å². The van der Waals surface area contributed by atoms with Crippen LogP contribution < -0.4 is 5.32 Å². The molecule has 4 aromatic rings. The summed E-state index contributed by atoms with van der Waals surface area (Å²) in [4.78, 5) is 16.4. The zero-order valence-electron chi connectivity index (χ0n) is 14.0. The highest BCUT2D eigenvalue weighted by Gasteiger charge is 2.13. The number of aromatic nitrogens is 2. The Bertz CT molecular complexity index is 1020. The van der Waals surface area contributed by atoms with Crippen molar-refractivity contribution in [3.8, 4) is 11.4 Å². The average Bonchev–Trinajstić information content (AvgIpc) is 3.36. The molecular weight excluding hydrogens is 330 g/mol. The van der Waals surface area contributed by atoms with Gasteiger partial charge in [-0.3, -0.25) is 4.79 Å². The van der Waals surface area contributed by atoms with Gasteiger partial charge in [0.05, 0.1) is 12.8 Å². The van der Waals surface area contributed by atoms with Crippen molar-refractivity contribution in [2.45, 2.75) is 19.4 Å². The van der Waals surface area contributed by atoms with E-state index in [1.54, 1.807) is 12.3 Å². The van der Waals surface area contributed by atoms with Crippen molar-refractivity contribution in [1.29, 1.82) is 0 Å². The van der Waals surface area contributed by atoms with Crippen LogP contribution in [0.2, 0.25) is 0 Å². The molecule has 2 aromatic carbocycles. The summed E-state index contributed by atoms with van der Waals surface area (Å²) < 4.78 is 10.5. The molecule has 1 amide bonds. The lowest BCUT2D eigenvalue weighted by Gasteiger charge is -2.02. The predicted octanol–water partition coefficient (Wildman–Crippen LogP) is 3.73.